The molecule has 0 fully saturated rings. The molecule has 2 heteroatoms. The summed E-state index contributed by atoms with van der Waals surface area (Å²) in [5, 5.41) is 4.65. The van der Waals surface area contributed by atoms with Crippen LogP contribution in [0.4, 0.5) is 0 Å². The van der Waals surface area contributed by atoms with Crippen LogP contribution in [0.2, 0.25) is 0 Å². The summed E-state index contributed by atoms with van der Waals surface area (Å²) >= 11 is 0. The fourth-order valence-corrected chi connectivity index (χ4v) is 2.82. The lowest BCUT2D eigenvalue weighted by Gasteiger charge is -2.20. The molecule has 0 aliphatic rings. The molecule has 2 aromatic carbocycles. The van der Waals surface area contributed by atoms with E-state index in [9.17, 15) is 0 Å². The van der Waals surface area contributed by atoms with Gasteiger partial charge in [-0.25, -0.2) is 0 Å². The molecule has 0 bridgehead atoms. The molecule has 1 atom stereocenters. The van der Waals surface area contributed by atoms with Crippen molar-refractivity contribution >= 4 is 10.9 Å². The molecule has 0 aliphatic carbocycles. The van der Waals surface area contributed by atoms with Gasteiger partial charge in [0.1, 0.15) is 0 Å². The number of fused-ring (bicyclic) bond motifs is 1. The average molecular weight is 276 g/mol. The molecule has 2 nitrogen and oxygen atoms in total. The van der Waals surface area contributed by atoms with Crippen LogP contribution < -0.4 is 5.32 Å². The van der Waals surface area contributed by atoms with Crippen LogP contribution in [0.25, 0.3) is 10.9 Å². The minimum atomic E-state index is 0.178. The molecular weight excluding hydrogens is 256 g/mol. The quantitative estimate of drug-likeness (QED) is 0.777. The van der Waals surface area contributed by atoms with Crippen LogP contribution in [-0.2, 0) is 0 Å². The van der Waals surface area contributed by atoms with Gasteiger partial charge in [0.25, 0.3) is 0 Å². The van der Waals surface area contributed by atoms with Crippen LogP contribution >= 0.6 is 0 Å². The third-order valence-electron chi connectivity index (χ3n) is 4.15. The van der Waals surface area contributed by atoms with Gasteiger partial charge in [0.05, 0.1) is 11.6 Å². The number of rotatable bonds is 3. The first kappa shape index (κ1) is 13.8. The van der Waals surface area contributed by atoms with E-state index in [1.807, 2.05) is 19.3 Å². The summed E-state index contributed by atoms with van der Waals surface area (Å²) in [6.07, 6.45) is 1.89. The lowest BCUT2D eigenvalue weighted by Crippen LogP contribution is -2.18. The van der Waals surface area contributed by atoms with E-state index in [1.54, 1.807) is 0 Å². The van der Waals surface area contributed by atoms with E-state index in [2.05, 4.69) is 66.6 Å². The second-order valence-electron chi connectivity index (χ2n) is 5.48. The smallest absolute Gasteiger partial charge is 0.0705 e. The molecule has 106 valence electrons. The first-order valence-electron chi connectivity index (χ1n) is 7.29. The summed E-state index contributed by atoms with van der Waals surface area (Å²) in [7, 11) is 2.01. The normalized spacial score (nSPS) is 12.5. The number of para-hydroxylation sites is 1. The Morgan fingerprint density at radius 1 is 0.952 bits per heavy atom. The van der Waals surface area contributed by atoms with Crippen LogP contribution in [0.3, 0.4) is 0 Å². The molecule has 1 unspecified atom stereocenters. The fourth-order valence-electron chi connectivity index (χ4n) is 2.82. The average Bonchev–Trinajstić information content (AvgIpc) is 2.52. The fraction of sp³-hybridized carbons (Fsp3) is 0.211. The zero-order valence-corrected chi connectivity index (χ0v) is 12.7. The van der Waals surface area contributed by atoms with E-state index < -0.39 is 0 Å². The molecule has 0 saturated heterocycles. The van der Waals surface area contributed by atoms with Crippen LogP contribution in [0.5, 0.6) is 0 Å². The van der Waals surface area contributed by atoms with Crippen molar-refractivity contribution in [2.75, 3.05) is 7.05 Å². The van der Waals surface area contributed by atoms with Gasteiger partial charge >= 0.3 is 0 Å². The van der Waals surface area contributed by atoms with Crippen molar-refractivity contribution in [2.45, 2.75) is 19.9 Å². The maximum absolute atomic E-state index is 4.46. The second kappa shape index (κ2) is 5.66. The van der Waals surface area contributed by atoms with Crippen molar-refractivity contribution in [1.82, 2.24) is 10.3 Å². The molecule has 0 saturated carbocycles. The van der Waals surface area contributed by atoms with Gasteiger partial charge in [-0.15, -0.1) is 0 Å². The lowest BCUT2D eigenvalue weighted by atomic mass is 9.94. The van der Waals surface area contributed by atoms with Gasteiger partial charge in [0, 0.05) is 11.6 Å². The number of pyridine rings is 1. The molecule has 0 radical (unpaired) electrons. The van der Waals surface area contributed by atoms with Crippen LogP contribution in [0, 0.1) is 13.8 Å². The maximum atomic E-state index is 4.46. The molecule has 0 aliphatic heterocycles. The Balaban J connectivity index is 2.16. The van der Waals surface area contributed by atoms with Crippen molar-refractivity contribution in [3.05, 3.63) is 77.0 Å². The molecule has 3 aromatic rings. The SMILES string of the molecule is CNC(c1ccc(C)c(C)c1)c1ccnc2ccccc12. The summed E-state index contributed by atoms with van der Waals surface area (Å²) in [4.78, 5) is 4.46. The Hall–Kier alpha value is -2.19. The third kappa shape index (κ3) is 2.55. The molecule has 0 spiro atoms. The molecule has 3 rings (SSSR count). The number of hydrogen-bond acceptors (Lipinski definition) is 2. The first-order valence-corrected chi connectivity index (χ1v) is 7.29. The molecular formula is C19H20N2. The van der Waals surface area contributed by atoms with Crippen molar-refractivity contribution in [3.8, 4) is 0 Å². The molecule has 1 heterocycles. The summed E-state index contributed by atoms with van der Waals surface area (Å²) < 4.78 is 0. The standard InChI is InChI=1S/C19H20N2/c1-13-8-9-15(12-14(13)2)19(20-3)17-10-11-21-18-7-5-4-6-16(17)18/h4-12,19-20H,1-3H3. The van der Waals surface area contributed by atoms with Gasteiger partial charge in [0.15, 0.2) is 0 Å². The van der Waals surface area contributed by atoms with E-state index in [0.717, 1.165) is 5.52 Å². The predicted molar refractivity (Wildman–Crippen MR) is 88.6 cm³/mol. The van der Waals surface area contributed by atoms with Crippen molar-refractivity contribution in [2.24, 2.45) is 0 Å². The molecule has 0 amide bonds. The van der Waals surface area contributed by atoms with E-state index >= 15 is 0 Å². The summed E-state index contributed by atoms with van der Waals surface area (Å²) in [5.74, 6) is 0. The van der Waals surface area contributed by atoms with E-state index in [1.165, 1.54) is 27.6 Å². The van der Waals surface area contributed by atoms with Crippen molar-refractivity contribution in [1.29, 1.82) is 0 Å². The minimum absolute atomic E-state index is 0.178. The summed E-state index contributed by atoms with van der Waals surface area (Å²) in [6.45, 7) is 4.31. The number of aryl methyl sites for hydroxylation is 2. The predicted octanol–water partition coefficient (Wildman–Crippen LogP) is 4.16. The summed E-state index contributed by atoms with van der Waals surface area (Å²) in [6, 6.07) is 17.3. The zero-order chi connectivity index (χ0) is 14.8. The molecule has 1 N–H and O–H groups in total. The topological polar surface area (TPSA) is 24.9 Å². The van der Waals surface area contributed by atoms with Gasteiger partial charge in [-0.05, 0) is 55.3 Å². The highest BCUT2D eigenvalue weighted by Gasteiger charge is 2.15. The lowest BCUT2D eigenvalue weighted by molar-refractivity contribution is 0.695. The van der Waals surface area contributed by atoms with Gasteiger partial charge in [0.2, 0.25) is 0 Å². The highest BCUT2D eigenvalue weighted by Crippen LogP contribution is 2.28. The third-order valence-corrected chi connectivity index (χ3v) is 4.15. The van der Waals surface area contributed by atoms with Crippen molar-refractivity contribution in [3.63, 3.8) is 0 Å². The van der Waals surface area contributed by atoms with E-state index in [-0.39, 0.29) is 6.04 Å². The zero-order valence-electron chi connectivity index (χ0n) is 12.7. The Labute approximate surface area is 125 Å². The van der Waals surface area contributed by atoms with E-state index in [0.29, 0.717) is 0 Å². The second-order valence-corrected chi connectivity index (χ2v) is 5.48. The van der Waals surface area contributed by atoms with Crippen LogP contribution in [0.1, 0.15) is 28.3 Å². The highest BCUT2D eigenvalue weighted by molar-refractivity contribution is 5.82. The minimum Gasteiger partial charge on any atom is -0.309 e. The maximum Gasteiger partial charge on any atom is 0.0705 e. The van der Waals surface area contributed by atoms with Crippen molar-refractivity contribution < 1.29 is 0 Å². The van der Waals surface area contributed by atoms with Crippen LogP contribution in [0.15, 0.2) is 54.7 Å². The molecule has 21 heavy (non-hydrogen) atoms. The Morgan fingerprint density at radius 2 is 1.76 bits per heavy atom. The van der Waals surface area contributed by atoms with Gasteiger partial charge < -0.3 is 5.32 Å². The Morgan fingerprint density at radius 3 is 2.52 bits per heavy atom. The Bertz CT molecular complexity index is 772. The van der Waals surface area contributed by atoms with Gasteiger partial charge in [-0.2, -0.15) is 0 Å². The largest absolute Gasteiger partial charge is 0.309 e. The molecule has 1 aromatic heterocycles. The number of aromatic nitrogens is 1. The first-order chi connectivity index (χ1) is 10.2. The van der Waals surface area contributed by atoms with Crippen LogP contribution in [-0.4, -0.2) is 12.0 Å². The number of benzene rings is 2. The van der Waals surface area contributed by atoms with Gasteiger partial charge in [-0.3, -0.25) is 4.98 Å². The number of nitrogens with one attached hydrogen (secondary N) is 1. The monoisotopic (exact) mass is 276 g/mol. The van der Waals surface area contributed by atoms with E-state index in [4.69, 9.17) is 0 Å². The number of nitrogens with zero attached hydrogens (tertiary/aromatic N) is 1. The Kier molecular flexibility index (Phi) is 3.72. The highest BCUT2D eigenvalue weighted by atomic mass is 14.9. The van der Waals surface area contributed by atoms with Gasteiger partial charge in [-0.1, -0.05) is 36.4 Å². The summed E-state index contributed by atoms with van der Waals surface area (Å²) in [5.41, 5.74) is 6.25. The number of hydrogen-bond donors (Lipinski definition) is 1.